The average Bonchev–Trinajstić information content (AvgIpc) is 2.62. The fourth-order valence-corrected chi connectivity index (χ4v) is 4.11. The molecule has 0 aromatic heterocycles. The lowest BCUT2D eigenvalue weighted by Crippen LogP contribution is -2.38. The second kappa shape index (κ2) is 4.05. The Morgan fingerprint density at radius 3 is 2.81 bits per heavy atom. The van der Waals surface area contributed by atoms with Crippen molar-refractivity contribution in [3.63, 3.8) is 0 Å². The molecule has 0 amide bonds. The lowest BCUT2D eigenvalue weighted by Gasteiger charge is -2.47. The summed E-state index contributed by atoms with van der Waals surface area (Å²) >= 11 is 0. The summed E-state index contributed by atoms with van der Waals surface area (Å²) in [6, 6.07) is 0. The second-order valence-electron chi connectivity index (χ2n) is 6.32. The zero-order chi connectivity index (χ0) is 11.9. The summed E-state index contributed by atoms with van der Waals surface area (Å²) in [6.07, 6.45) is 8.71. The quantitative estimate of drug-likeness (QED) is 0.582. The maximum atomic E-state index is 3.97. The van der Waals surface area contributed by atoms with E-state index in [1.807, 2.05) is 0 Å². The summed E-state index contributed by atoms with van der Waals surface area (Å²) in [6.45, 7) is 13.7. The molecule has 0 heteroatoms. The molecule has 5 atom stereocenters. The standard InChI is InChI=1S/C16H26/c1-6-11(2)14-7-8-15-13(4)12(3)9-10-16(14,15)5/h6-7,11-13,15H,1,8-10H2,2-5H3/t11-,12-,13+,15-,16+/m0/s1. The number of hydrogen-bond donors (Lipinski definition) is 0. The Hall–Kier alpha value is -0.520. The van der Waals surface area contributed by atoms with Crippen molar-refractivity contribution < 1.29 is 0 Å². The molecule has 0 spiro atoms. The van der Waals surface area contributed by atoms with Crippen molar-refractivity contribution in [1.29, 1.82) is 0 Å². The first-order chi connectivity index (χ1) is 7.50. The fourth-order valence-electron chi connectivity index (χ4n) is 4.11. The third kappa shape index (κ3) is 1.58. The van der Waals surface area contributed by atoms with Gasteiger partial charge in [0.15, 0.2) is 0 Å². The Labute approximate surface area is 101 Å². The maximum Gasteiger partial charge on any atom is -0.00488 e. The molecule has 1 fully saturated rings. The van der Waals surface area contributed by atoms with Crippen LogP contribution >= 0.6 is 0 Å². The van der Waals surface area contributed by atoms with E-state index in [0.29, 0.717) is 11.3 Å². The highest BCUT2D eigenvalue weighted by molar-refractivity contribution is 5.28. The van der Waals surface area contributed by atoms with Crippen LogP contribution in [0.1, 0.15) is 47.0 Å². The van der Waals surface area contributed by atoms with Gasteiger partial charge in [-0.3, -0.25) is 0 Å². The van der Waals surface area contributed by atoms with Crippen LogP contribution in [0.2, 0.25) is 0 Å². The highest BCUT2D eigenvalue weighted by atomic mass is 14.5. The Balaban J connectivity index is 2.26. The van der Waals surface area contributed by atoms with Crippen LogP contribution < -0.4 is 0 Å². The van der Waals surface area contributed by atoms with Gasteiger partial charge >= 0.3 is 0 Å². The topological polar surface area (TPSA) is 0 Å². The summed E-state index contributed by atoms with van der Waals surface area (Å²) in [5, 5.41) is 0. The van der Waals surface area contributed by atoms with Crippen LogP contribution in [0, 0.1) is 29.1 Å². The van der Waals surface area contributed by atoms with Crippen LogP contribution in [0.3, 0.4) is 0 Å². The van der Waals surface area contributed by atoms with E-state index in [1.54, 1.807) is 5.57 Å². The van der Waals surface area contributed by atoms with E-state index in [1.165, 1.54) is 19.3 Å². The number of allylic oxidation sites excluding steroid dienone is 3. The predicted molar refractivity (Wildman–Crippen MR) is 71.2 cm³/mol. The van der Waals surface area contributed by atoms with Gasteiger partial charge in [-0.25, -0.2) is 0 Å². The molecular formula is C16H26. The van der Waals surface area contributed by atoms with Gasteiger partial charge in [0.05, 0.1) is 0 Å². The Morgan fingerprint density at radius 1 is 1.50 bits per heavy atom. The molecule has 2 aliphatic rings. The minimum absolute atomic E-state index is 0.472. The lowest BCUT2D eigenvalue weighted by molar-refractivity contribution is 0.0699. The molecule has 0 aromatic carbocycles. The van der Waals surface area contributed by atoms with Crippen molar-refractivity contribution in [2.24, 2.45) is 29.1 Å². The van der Waals surface area contributed by atoms with Crippen LogP contribution in [0.25, 0.3) is 0 Å². The van der Waals surface area contributed by atoms with Gasteiger partial charge in [0.1, 0.15) is 0 Å². The average molecular weight is 218 g/mol. The van der Waals surface area contributed by atoms with Crippen molar-refractivity contribution in [2.45, 2.75) is 47.0 Å². The van der Waals surface area contributed by atoms with Crippen LogP contribution in [0.15, 0.2) is 24.3 Å². The monoisotopic (exact) mass is 218 g/mol. The van der Waals surface area contributed by atoms with E-state index in [2.05, 4.69) is 46.4 Å². The molecule has 90 valence electrons. The summed E-state index contributed by atoms with van der Waals surface area (Å²) in [7, 11) is 0. The minimum Gasteiger partial charge on any atom is -0.102 e. The van der Waals surface area contributed by atoms with Gasteiger partial charge in [0, 0.05) is 0 Å². The molecule has 2 aliphatic carbocycles. The number of hydrogen-bond acceptors (Lipinski definition) is 0. The minimum atomic E-state index is 0.472. The number of rotatable bonds is 2. The van der Waals surface area contributed by atoms with Gasteiger partial charge in [-0.2, -0.15) is 0 Å². The predicted octanol–water partition coefficient (Wildman–Crippen LogP) is 4.83. The summed E-state index contributed by atoms with van der Waals surface area (Å²) in [4.78, 5) is 0. The van der Waals surface area contributed by atoms with Crippen LogP contribution in [0.4, 0.5) is 0 Å². The second-order valence-corrected chi connectivity index (χ2v) is 6.32. The van der Waals surface area contributed by atoms with Crippen LogP contribution in [-0.4, -0.2) is 0 Å². The van der Waals surface area contributed by atoms with Crippen molar-refractivity contribution in [3.05, 3.63) is 24.3 Å². The third-order valence-electron chi connectivity index (χ3n) is 5.56. The maximum absolute atomic E-state index is 3.97. The van der Waals surface area contributed by atoms with Gasteiger partial charge in [-0.15, -0.1) is 6.58 Å². The van der Waals surface area contributed by atoms with Gasteiger partial charge < -0.3 is 0 Å². The van der Waals surface area contributed by atoms with E-state index in [-0.39, 0.29) is 0 Å². The van der Waals surface area contributed by atoms with Crippen molar-refractivity contribution in [2.75, 3.05) is 0 Å². The molecule has 0 radical (unpaired) electrons. The normalized spacial score (nSPS) is 44.8. The first-order valence-corrected chi connectivity index (χ1v) is 6.83. The Bertz CT molecular complexity index is 312. The molecule has 0 aliphatic heterocycles. The zero-order valence-electron chi connectivity index (χ0n) is 11.3. The highest BCUT2D eigenvalue weighted by Gasteiger charge is 2.48. The van der Waals surface area contributed by atoms with E-state index in [4.69, 9.17) is 0 Å². The first-order valence-electron chi connectivity index (χ1n) is 6.83. The molecule has 1 saturated carbocycles. The first kappa shape index (κ1) is 12.0. The largest absolute Gasteiger partial charge is 0.102 e. The van der Waals surface area contributed by atoms with E-state index in [0.717, 1.165) is 17.8 Å². The van der Waals surface area contributed by atoms with E-state index < -0.39 is 0 Å². The van der Waals surface area contributed by atoms with Gasteiger partial charge in [-0.1, -0.05) is 45.4 Å². The van der Waals surface area contributed by atoms with Crippen molar-refractivity contribution in [3.8, 4) is 0 Å². The number of fused-ring (bicyclic) bond motifs is 1. The molecular weight excluding hydrogens is 192 g/mol. The van der Waals surface area contributed by atoms with Crippen LogP contribution in [-0.2, 0) is 0 Å². The molecule has 0 nitrogen and oxygen atoms in total. The van der Waals surface area contributed by atoms with Crippen molar-refractivity contribution >= 4 is 0 Å². The Kier molecular flexibility index (Phi) is 3.03. The molecule has 0 saturated heterocycles. The molecule has 0 N–H and O–H groups in total. The van der Waals surface area contributed by atoms with Crippen LogP contribution in [0.5, 0.6) is 0 Å². The summed E-state index contributed by atoms with van der Waals surface area (Å²) < 4.78 is 0. The van der Waals surface area contributed by atoms with E-state index in [9.17, 15) is 0 Å². The molecule has 0 unspecified atom stereocenters. The molecule has 16 heavy (non-hydrogen) atoms. The SMILES string of the molecule is C=C[C@H](C)C1=CC[C@H]2[C@H](C)[C@@H](C)CC[C@]12C. The summed E-state index contributed by atoms with van der Waals surface area (Å²) in [5.41, 5.74) is 2.14. The molecule has 0 aromatic rings. The van der Waals surface area contributed by atoms with E-state index >= 15 is 0 Å². The highest BCUT2D eigenvalue weighted by Crippen LogP contribution is 2.57. The third-order valence-corrected chi connectivity index (χ3v) is 5.56. The zero-order valence-corrected chi connectivity index (χ0v) is 11.3. The summed E-state index contributed by atoms with van der Waals surface area (Å²) in [5.74, 6) is 3.23. The van der Waals surface area contributed by atoms with Gasteiger partial charge in [0.25, 0.3) is 0 Å². The molecule has 0 heterocycles. The Morgan fingerprint density at radius 2 is 2.19 bits per heavy atom. The molecule has 0 bridgehead atoms. The lowest BCUT2D eigenvalue weighted by atomic mass is 9.58. The van der Waals surface area contributed by atoms with Crippen molar-refractivity contribution in [1.82, 2.24) is 0 Å². The molecule has 2 rings (SSSR count). The van der Waals surface area contributed by atoms with Gasteiger partial charge in [0.2, 0.25) is 0 Å². The fraction of sp³-hybridized carbons (Fsp3) is 0.750. The smallest absolute Gasteiger partial charge is 0.00488 e. The van der Waals surface area contributed by atoms with Gasteiger partial charge in [-0.05, 0) is 48.3 Å².